The van der Waals surface area contributed by atoms with Crippen molar-refractivity contribution >= 4 is 5.91 Å². The van der Waals surface area contributed by atoms with Crippen molar-refractivity contribution in [2.75, 3.05) is 13.1 Å². The van der Waals surface area contributed by atoms with Crippen molar-refractivity contribution < 1.29 is 15.0 Å². The molecule has 1 aliphatic rings. The Kier molecular flexibility index (Phi) is 4.63. The van der Waals surface area contributed by atoms with Gasteiger partial charge in [-0.3, -0.25) is 4.79 Å². The molecule has 0 saturated carbocycles. The highest BCUT2D eigenvalue weighted by atomic mass is 16.3. The first-order valence-corrected chi connectivity index (χ1v) is 7.96. The number of aryl methyl sites for hydroxylation is 2. The Morgan fingerprint density at radius 2 is 1.83 bits per heavy atom. The summed E-state index contributed by atoms with van der Waals surface area (Å²) in [5, 5.41) is 19.6. The first kappa shape index (κ1) is 15.6. The third-order valence-electron chi connectivity index (χ3n) is 4.29. The molecular weight excluding hydrogens is 290 g/mol. The van der Waals surface area contributed by atoms with Gasteiger partial charge in [0.2, 0.25) is 0 Å². The van der Waals surface area contributed by atoms with Gasteiger partial charge in [0.1, 0.15) is 5.75 Å². The van der Waals surface area contributed by atoms with Gasteiger partial charge in [-0.1, -0.05) is 36.4 Å². The van der Waals surface area contributed by atoms with Gasteiger partial charge in [-0.25, -0.2) is 0 Å². The minimum atomic E-state index is -0.456. The number of aliphatic hydroxyl groups excluding tert-OH is 1. The first-order chi connectivity index (χ1) is 11.1. The smallest absolute Gasteiger partial charge is 0.257 e. The van der Waals surface area contributed by atoms with Gasteiger partial charge in [-0.05, 0) is 42.5 Å². The van der Waals surface area contributed by atoms with Gasteiger partial charge in [0, 0.05) is 13.1 Å². The molecule has 0 aromatic heterocycles. The lowest BCUT2D eigenvalue weighted by molar-refractivity contribution is 0.0762. The molecule has 23 heavy (non-hydrogen) atoms. The fourth-order valence-corrected chi connectivity index (χ4v) is 2.94. The Hall–Kier alpha value is -2.33. The Morgan fingerprint density at radius 3 is 2.52 bits per heavy atom. The highest BCUT2D eigenvalue weighted by Gasteiger charge is 2.27. The van der Waals surface area contributed by atoms with Crippen LogP contribution in [0.2, 0.25) is 0 Å². The molecule has 1 heterocycles. The van der Waals surface area contributed by atoms with Crippen LogP contribution in [0.3, 0.4) is 0 Å². The van der Waals surface area contributed by atoms with Crippen molar-refractivity contribution in [1.29, 1.82) is 0 Å². The number of benzene rings is 2. The Labute approximate surface area is 136 Å². The Morgan fingerprint density at radius 1 is 1.09 bits per heavy atom. The summed E-state index contributed by atoms with van der Waals surface area (Å²) in [4.78, 5) is 14.1. The van der Waals surface area contributed by atoms with Gasteiger partial charge in [0.15, 0.2) is 0 Å². The van der Waals surface area contributed by atoms with Crippen LogP contribution in [0.15, 0.2) is 48.5 Å². The molecule has 1 amide bonds. The molecule has 1 aliphatic heterocycles. The molecule has 1 saturated heterocycles. The number of phenols is 1. The van der Waals surface area contributed by atoms with E-state index < -0.39 is 6.10 Å². The molecule has 3 rings (SSSR count). The van der Waals surface area contributed by atoms with Crippen LogP contribution in [0, 0.1) is 0 Å². The number of likely N-dealkylation sites (tertiary alicyclic amines) is 1. The number of hydrogen-bond acceptors (Lipinski definition) is 3. The van der Waals surface area contributed by atoms with Gasteiger partial charge in [-0.15, -0.1) is 0 Å². The van der Waals surface area contributed by atoms with E-state index in [-0.39, 0.29) is 11.7 Å². The van der Waals surface area contributed by atoms with Crippen molar-refractivity contribution in [2.24, 2.45) is 0 Å². The molecule has 2 N–H and O–H groups in total. The van der Waals surface area contributed by atoms with E-state index in [4.69, 9.17) is 0 Å². The Balaban J connectivity index is 1.72. The number of hydrogen-bond donors (Lipinski definition) is 2. The van der Waals surface area contributed by atoms with Crippen molar-refractivity contribution in [3.8, 4) is 5.75 Å². The van der Waals surface area contributed by atoms with E-state index in [0.29, 0.717) is 25.1 Å². The average molecular weight is 311 g/mol. The molecule has 0 radical (unpaired) electrons. The number of nitrogens with zero attached hydrogens (tertiary/aromatic N) is 1. The fourth-order valence-electron chi connectivity index (χ4n) is 2.94. The van der Waals surface area contributed by atoms with Crippen LogP contribution < -0.4 is 0 Å². The number of β-amino-alcohol motifs (C(OH)–C–C–N with tert-alkyl or cyclic N) is 1. The number of carbonyl (C=O) groups is 1. The first-order valence-electron chi connectivity index (χ1n) is 7.96. The quantitative estimate of drug-likeness (QED) is 0.911. The molecule has 0 aliphatic carbocycles. The molecule has 0 spiro atoms. The van der Waals surface area contributed by atoms with Crippen molar-refractivity contribution in [3.63, 3.8) is 0 Å². The van der Waals surface area contributed by atoms with E-state index in [1.807, 2.05) is 24.3 Å². The molecule has 2 aromatic carbocycles. The molecule has 4 nitrogen and oxygen atoms in total. The van der Waals surface area contributed by atoms with E-state index in [9.17, 15) is 15.0 Å². The van der Waals surface area contributed by atoms with Crippen LogP contribution in [0.25, 0.3) is 0 Å². The standard InChI is InChI=1S/C19H21NO3/c21-16-10-11-20(13-16)19(23)17-12-15(8-9-18(17)22)7-6-14-4-2-1-3-5-14/h1-5,8-9,12,16,21-22H,6-7,10-11,13H2/t16-/m1/s1. The Bertz CT molecular complexity index is 684. The van der Waals surface area contributed by atoms with Crippen molar-refractivity contribution in [1.82, 2.24) is 4.90 Å². The SMILES string of the molecule is O=C(c1cc(CCc2ccccc2)ccc1O)N1CC[C@@H](O)C1. The molecule has 0 bridgehead atoms. The highest BCUT2D eigenvalue weighted by Crippen LogP contribution is 2.23. The number of aromatic hydroxyl groups is 1. The van der Waals surface area contributed by atoms with Gasteiger partial charge in [-0.2, -0.15) is 0 Å². The number of rotatable bonds is 4. The van der Waals surface area contributed by atoms with E-state index >= 15 is 0 Å². The molecule has 1 atom stereocenters. The minimum Gasteiger partial charge on any atom is -0.507 e. The highest BCUT2D eigenvalue weighted by molar-refractivity contribution is 5.97. The van der Waals surface area contributed by atoms with Crippen LogP contribution >= 0.6 is 0 Å². The lowest BCUT2D eigenvalue weighted by Gasteiger charge is -2.17. The second-order valence-electron chi connectivity index (χ2n) is 6.03. The van der Waals surface area contributed by atoms with Gasteiger partial charge >= 0.3 is 0 Å². The van der Waals surface area contributed by atoms with Gasteiger partial charge < -0.3 is 15.1 Å². The van der Waals surface area contributed by atoms with Crippen molar-refractivity contribution in [2.45, 2.75) is 25.4 Å². The number of amides is 1. The summed E-state index contributed by atoms with van der Waals surface area (Å²) in [6.45, 7) is 0.875. The van der Waals surface area contributed by atoms with Crippen LogP contribution in [0.5, 0.6) is 5.75 Å². The maximum atomic E-state index is 12.5. The van der Waals surface area contributed by atoms with E-state index in [1.165, 1.54) is 5.56 Å². The second-order valence-corrected chi connectivity index (χ2v) is 6.03. The van der Waals surface area contributed by atoms with Crippen LogP contribution in [-0.4, -0.2) is 40.2 Å². The molecule has 1 fully saturated rings. The summed E-state index contributed by atoms with van der Waals surface area (Å²) in [7, 11) is 0. The predicted octanol–water partition coefficient (Wildman–Crippen LogP) is 2.38. The summed E-state index contributed by atoms with van der Waals surface area (Å²) in [6.07, 6.45) is 1.84. The minimum absolute atomic E-state index is 0.000138. The predicted molar refractivity (Wildman–Crippen MR) is 88.5 cm³/mol. The van der Waals surface area contributed by atoms with Crippen LogP contribution in [0.1, 0.15) is 27.9 Å². The van der Waals surface area contributed by atoms with E-state index in [2.05, 4.69) is 12.1 Å². The van der Waals surface area contributed by atoms with Crippen LogP contribution in [0.4, 0.5) is 0 Å². The maximum Gasteiger partial charge on any atom is 0.257 e. The molecule has 4 heteroatoms. The largest absolute Gasteiger partial charge is 0.507 e. The lowest BCUT2D eigenvalue weighted by Crippen LogP contribution is -2.29. The number of carbonyl (C=O) groups excluding carboxylic acids is 1. The third kappa shape index (κ3) is 3.71. The normalized spacial score (nSPS) is 17.4. The summed E-state index contributed by atoms with van der Waals surface area (Å²) in [5.74, 6) is -0.208. The van der Waals surface area contributed by atoms with E-state index in [0.717, 1.165) is 18.4 Å². The maximum absolute atomic E-state index is 12.5. The topological polar surface area (TPSA) is 60.8 Å². The molecular formula is C19H21NO3. The molecule has 120 valence electrons. The van der Waals surface area contributed by atoms with Gasteiger partial charge in [0.05, 0.1) is 11.7 Å². The van der Waals surface area contributed by atoms with E-state index in [1.54, 1.807) is 17.0 Å². The zero-order valence-corrected chi connectivity index (χ0v) is 13.0. The second kappa shape index (κ2) is 6.84. The fraction of sp³-hybridized carbons (Fsp3) is 0.316. The van der Waals surface area contributed by atoms with Gasteiger partial charge in [0.25, 0.3) is 5.91 Å². The monoisotopic (exact) mass is 311 g/mol. The summed E-state index contributed by atoms with van der Waals surface area (Å²) in [6, 6.07) is 15.4. The summed E-state index contributed by atoms with van der Waals surface area (Å²) < 4.78 is 0. The average Bonchev–Trinajstić information content (AvgIpc) is 3.01. The van der Waals surface area contributed by atoms with Crippen LogP contribution in [-0.2, 0) is 12.8 Å². The number of aliphatic hydroxyl groups is 1. The third-order valence-corrected chi connectivity index (χ3v) is 4.29. The lowest BCUT2D eigenvalue weighted by atomic mass is 10.0. The molecule has 0 unspecified atom stereocenters. The van der Waals surface area contributed by atoms with Crippen molar-refractivity contribution in [3.05, 3.63) is 65.2 Å². The molecule has 2 aromatic rings. The zero-order chi connectivity index (χ0) is 16.2. The summed E-state index contributed by atoms with van der Waals surface area (Å²) in [5.41, 5.74) is 2.59. The summed E-state index contributed by atoms with van der Waals surface area (Å²) >= 11 is 0. The zero-order valence-electron chi connectivity index (χ0n) is 13.0. The number of phenolic OH excluding ortho intramolecular Hbond substituents is 1.